The van der Waals surface area contributed by atoms with Crippen molar-refractivity contribution < 1.29 is 15.3 Å². The molecule has 0 bridgehead atoms. The highest BCUT2D eigenvalue weighted by atomic mass is 16.3. The van der Waals surface area contributed by atoms with Crippen molar-refractivity contribution in [3.8, 4) is 11.5 Å². The van der Waals surface area contributed by atoms with Gasteiger partial charge in [-0.3, -0.25) is 19.6 Å². The number of H-pyrrole nitrogens is 1. The number of aromatic amines is 1. The fourth-order valence-electron chi connectivity index (χ4n) is 4.30. The van der Waals surface area contributed by atoms with Gasteiger partial charge in [0.15, 0.2) is 5.43 Å². The van der Waals surface area contributed by atoms with Crippen LogP contribution in [0.5, 0.6) is 11.5 Å². The first kappa shape index (κ1) is 24.0. The van der Waals surface area contributed by atoms with Gasteiger partial charge in [0.1, 0.15) is 11.5 Å². The number of benzene rings is 3. The molecule has 0 fully saturated rings. The Hall–Kier alpha value is -3.18. The minimum absolute atomic E-state index is 0.0510. The molecule has 1 aromatic heterocycles. The van der Waals surface area contributed by atoms with Crippen molar-refractivity contribution in [3.05, 3.63) is 39.8 Å². The quantitative estimate of drug-likeness (QED) is 0.136. The van der Waals surface area contributed by atoms with Gasteiger partial charge in [-0.25, -0.2) is 0 Å². The van der Waals surface area contributed by atoms with Crippen LogP contribution in [-0.2, 0) is 6.54 Å². The van der Waals surface area contributed by atoms with Crippen LogP contribution in [0.1, 0.15) is 0 Å². The lowest BCUT2D eigenvalue weighted by atomic mass is 9.99. The summed E-state index contributed by atoms with van der Waals surface area (Å²) in [5.41, 5.74) is 1.09. The molecule has 0 radical (unpaired) electrons. The van der Waals surface area contributed by atoms with Crippen molar-refractivity contribution in [1.29, 1.82) is 0 Å². The molecule has 0 spiro atoms. The lowest BCUT2D eigenvalue weighted by Crippen LogP contribution is -2.28. The molecule has 6 N–H and O–H groups in total. The number of phenols is 2. The molecule has 0 aliphatic carbocycles. The van der Waals surface area contributed by atoms with Crippen molar-refractivity contribution in [2.75, 3.05) is 60.0 Å². The molecule has 0 aliphatic rings. The first-order valence-electron chi connectivity index (χ1n) is 11.5. The van der Waals surface area contributed by atoms with E-state index in [1.807, 2.05) is 30.9 Å². The highest BCUT2D eigenvalue weighted by Gasteiger charge is 2.21. The Kier molecular flexibility index (Phi) is 7.32. The molecule has 182 valence electrons. The predicted octanol–water partition coefficient (Wildman–Crippen LogP) is 0.119. The second-order valence-electron chi connectivity index (χ2n) is 8.58. The van der Waals surface area contributed by atoms with Crippen molar-refractivity contribution >= 4 is 32.6 Å². The Morgan fingerprint density at radius 1 is 0.971 bits per heavy atom. The van der Waals surface area contributed by atoms with Gasteiger partial charge in [0, 0.05) is 38.1 Å². The minimum atomic E-state index is -0.286. The van der Waals surface area contributed by atoms with Crippen molar-refractivity contribution in [2.45, 2.75) is 6.54 Å². The molecule has 3 aromatic carbocycles. The van der Waals surface area contributed by atoms with E-state index in [0.717, 1.165) is 18.6 Å². The molecule has 10 nitrogen and oxygen atoms in total. The number of rotatable bonds is 11. The van der Waals surface area contributed by atoms with Gasteiger partial charge in [-0.2, -0.15) is 0 Å². The van der Waals surface area contributed by atoms with Gasteiger partial charge in [0.2, 0.25) is 0 Å². The maximum Gasteiger partial charge on any atom is 0.189 e. The normalized spacial score (nSPS) is 12.8. The summed E-state index contributed by atoms with van der Waals surface area (Å²) < 4.78 is 1.90. The Labute approximate surface area is 196 Å². The Morgan fingerprint density at radius 3 is 2.53 bits per heavy atom. The van der Waals surface area contributed by atoms with Crippen LogP contribution in [0.2, 0.25) is 0 Å². The van der Waals surface area contributed by atoms with Crippen LogP contribution in [0.25, 0.3) is 32.6 Å². The second-order valence-corrected chi connectivity index (χ2v) is 8.58. The van der Waals surface area contributed by atoms with Crippen LogP contribution in [0.15, 0.2) is 34.1 Å². The molecule has 1 heterocycles. The third-order valence-electron chi connectivity index (χ3n) is 5.92. The molecule has 0 amide bonds. The highest BCUT2D eigenvalue weighted by molar-refractivity contribution is 6.23. The summed E-state index contributed by atoms with van der Waals surface area (Å²) >= 11 is 0. The number of likely N-dealkylation sites (N-methyl/N-ethyl adjacent to an activating group) is 1. The van der Waals surface area contributed by atoms with E-state index in [9.17, 15) is 15.0 Å². The van der Waals surface area contributed by atoms with E-state index >= 15 is 0 Å². The Morgan fingerprint density at radius 2 is 1.76 bits per heavy atom. The van der Waals surface area contributed by atoms with Crippen LogP contribution in [0.3, 0.4) is 0 Å². The summed E-state index contributed by atoms with van der Waals surface area (Å²) in [5.74, 6) is -0.302. The summed E-state index contributed by atoms with van der Waals surface area (Å²) in [4.78, 5) is 19.6. The summed E-state index contributed by atoms with van der Waals surface area (Å²) in [7, 11) is 4.04. The number of fused-ring (bicyclic) bond motifs is 2. The van der Waals surface area contributed by atoms with Crippen LogP contribution >= 0.6 is 0 Å². The van der Waals surface area contributed by atoms with E-state index in [2.05, 4.69) is 20.6 Å². The largest absolute Gasteiger partial charge is 0.507 e. The van der Waals surface area contributed by atoms with Gasteiger partial charge < -0.3 is 30.9 Å². The minimum Gasteiger partial charge on any atom is -0.507 e. The van der Waals surface area contributed by atoms with E-state index in [4.69, 9.17) is 10.1 Å². The topological polar surface area (TPSA) is 138 Å². The summed E-state index contributed by atoms with van der Waals surface area (Å²) in [5, 5.41) is 42.8. The molecule has 0 atom stereocenters. The van der Waals surface area contributed by atoms with Crippen LogP contribution in [0.4, 0.5) is 0 Å². The SMILES string of the molecule is CN(C)CCNCCN=c1ccc2c3c1c(O)c1c(O)ccc(=O)c1c3[nH]n2CCNCCO. The molecule has 0 unspecified atom stereocenters. The summed E-state index contributed by atoms with van der Waals surface area (Å²) in [6.45, 7) is 4.69. The van der Waals surface area contributed by atoms with Crippen LogP contribution in [0, 0.1) is 0 Å². The van der Waals surface area contributed by atoms with Gasteiger partial charge in [-0.15, -0.1) is 0 Å². The van der Waals surface area contributed by atoms with Gasteiger partial charge in [-0.05, 0) is 38.4 Å². The fraction of sp³-hybridized carbons (Fsp3) is 0.417. The number of aromatic nitrogens is 2. The number of nitrogens with one attached hydrogen (secondary N) is 3. The average Bonchev–Trinajstić information content (AvgIpc) is 3.17. The zero-order valence-electron chi connectivity index (χ0n) is 19.6. The molecule has 4 aromatic rings. The lowest BCUT2D eigenvalue weighted by molar-refractivity contribution is 0.291. The number of aliphatic hydroxyl groups is 1. The van der Waals surface area contributed by atoms with Crippen LogP contribution < -0.4 is 21.4 Å². The monoisotopic (exact) mass is 468 g/mol. The lowest BCUT2D eigenvalue weighted by Gasteiger charge is -2.10. The predicted molar refractivity (Wildman–Crippen MR) is 134 cm³/mol. The van der Waals surface area contributed by atoms with E-state index < -0.39 is 0 Å². The first-order chi connectivity index (χ1) is 16.4. The number of nitrogens with zero attached hydrogens (tertiary/aromatic N) is 3. The van der Waals surface area contributed by atoms with E-state index in [1.165, 1.54) is 12.1 Å². The molecule has 0 aliphatic heterocycles. The van der Waals surface area contributed by atoms with Gasteiger partial charge >= 0.3 is 0 Å². The van der Waals surface area contributed by atoms with Crippen LogP contribution in [-0.4, -0.2) is 90.0 Å². The second kappa shape index (κ2) is 10.4. The van der Waals surface area contributed by atoms with Gasteiger partial charge in [0.25, 0.3) is 0 Å². The van der Waals surface area contributed by atoms with E-state index in [-0.39, 0.29) is 34.3 Å². The Balaban J connectivity index is 1.84. The maximum absolute atomic E-state index is 12.8. The van der Waals surface area contributed by atoms with Crippen molar-refractivity contribution in [1.82, 2.24) is 25.3 Å². The third-order valence-corrected chi connectivity index (χ3v) is 5.92. The first-order valence-corrected chi connectivity index (χ1v) is 11.5. The third kappa shape index (κ3) is 4.58. The maximum atomic E-state index is 12.8. The zero-order chi connectivity index (χ0) is 24.2. The fourth-order valence-corrected chi connectivity index (χ4v) is 4.30. The van der Waals surface area contributed by atoms with Gasteiger partial charge in [-0.1, -0.05) is 0 Å². The molecule has 0 saturated heterocycles. The summed E-state index contributed by atoms with van der Waals surface area (Å²) in [6, 6.07) is 6.39. The van der Waals surface area contributed by atoms with Gasteiger partial charge in [0.05, 0.1) is 52.2 Å². The molecule has 4 rings (SSSR count). The number of hydrogen-bond acceptors (Lipinski definition) is 8. The molecule has 10 heteroatoms. The average molecular weight is 469 g/mol. The van der Waals surface area contributed by atoms with Crippen molar-refractivity contribution in [2.24, 2.45) is 4.99 Å². The smallest absolute Gasteiger partial charge is 0.189 e. The number of aliphatic hydroxyl groups excluding tert-OH is 1. The highest BCUT2D eigenvalue weighted by Crippen LogP contribution is 2.41. The molecular weight excluding hydrogens is 436 g/mol. The number of phenolic OH excluding ortho intramolecular Hbond substituents is 2. The van der Waals surface area contributed by atoms with E-state index in [1.54, 1.807) is 0 Å². The standard InChI is InChI=1S/C24H32N6O4/c1-29(2)12-9-25-7-8-27-15-3-4-16-20-19(15)24(34)22-18(33)6-5-17(32)21(22)23(20)28-30(16)13-10-26-11-14-31/h3-6,25-26,28,31,33-34H,7-14H2,1-2H3. The number of hydrogen-bond donors (Lipinski definition) is 6. The molecular formula is C24H32N6O4. The Bertz CT molecular complexity index is 1410. The number of aromatic hydroxyl groups is 2. The zero-order valence-corrected chi connectivity index (χ0v) is 19.6. The molecule has 34 heavy (non-hydrogen) atoms. The van der Waals surface area contributed by atoms with E-state index in [0.29, 0.717) is 54.4 Å². The molecule has 0 saturated carbocycles. The van der Waals surface area contributed by atoms with Crippen molar-refractivity contribution in [3.63, 3.8) is 0 Å². The summed E-state index contributed by atoms with van der Waals surface area (Å²) in [6.07, 6.45) is 0.